The highest BCUT2D eigenvalue weighted by Gasteiger charge is 2.18. The standard InChI is InChI=1S/C14H24N4/c1-3-5-13-11(4-2)10-16-14(17-13)18-8-6-12(15)7-9-18/h10,12H,3-9,15H2,1-2H3. The second kappa shape index (κ2) is 6.14. The summed E-state index contributed by atoms with van der Waals surface area (Å²) < 4.78 is 0. The van der Waals surface area contributed by atoms with Gasteiger partial charge < -0.3 is 10.6 Å². The molecule has 0 bridgehead atoms. The van der Waals surface area contributed by atoms with Crippen LogP contribution in [0.5, 0.6) is 0 Å². The lowest BCUT2D eigenvalue weighted by atomic mass is 10.1. The highest BCUT2D eigenvalue weighted by Crippen LogP contribution is 2.18. The van der Waals surface area contributed by atoms with E-state index in [1.54, 1.807) is 0 Å². The van der Waals surface area contributed by atoms with Crippen molar-refractivity contribution < 1.29 is 0 Å². The van der Waals surface area contributed by atoms with Gasteiger partial charge in [0.05, 0.1) is 0 Å². The molecule has 2 N–H and O–H groups in total. The van der Waals surface area contributed by atoms with Crippen LogP contribution in [0, 0.1) is 0 Å². The van der Waals surface area contributed by atoms with Crippen molar-refractivity contribution in [2.24, 2.45) is 5.73 Å². The molecule has 0 unspecified atom stereocenters. The predicted octanol–water partition coefficient (Wildman–Crippen LogP) is 1.92. The molecule has 0 radical (unpaired) electrons. The molecule has 0 atom stereocenters. The number of hydrogen-bond acceptors (Lipinski definition) is 4. The van der Waals surface area contributed by atoms with E-state index in [0.717, 1.165) is 51.1 Å². The van der Waals surface area contributed by atoms with E-state index in [4.69, 9.17) is 10.7 Å². The van der Waals surface area contributed by atoms with Gasteiger partial charge in [0.1, 0.15) is 0 Å². The Labute approximate surface area is 110 Å². The first-order chi connectivity index (χ1) is 8.74. The van der Waals surface area contributed by atoms with Gasteiger partial charge in [-0.05, 0) is 31.2 Å². The largest absolute Gasteiger partial charge is 0.341 e. The van der Waals surface area contributed by atoms with Crippen LogP contribution in [0.25, 0.3) is 0 Å². The summed E-state index contributed by atoms with van der Waals surface area (Å²) in [6, 6.07) is 0.353. The summed E-state index contributed by atoms with van der Waals surface area (Å²) in [5.41, 5.74) is 8.44. The molecule has 4 heteroatoms. The van der Waals surface area contributed by atoms with Gasteiger partial charge in [-0.1, -0.05) is 20.3 Å². The van der Waals surface area contributed by atoms with Gasteiger partial charge in [0, 0.05) is 31.0 Å². The van der Waals surface area contributed by atoms with Crippen LogP contribution in [-0.4, -0.2) is 29.1 Å². The fraction of sp³-hybridized carbons (Fsp3) is 0.714. The normalized spacial score (nSPS) is 17.2. The summed E-state index contributed by atoms with van der Waals surface area (Å²) in [4.78, 5) is 11.5. The van der Waals surface area contributed by atoms with Crippen LogP contribution < -0.4 is 10.6 Å². The molecule has 1 fully saturated rings. The molecule has 4 nitrogen and oxygen atoms in total. The monoisotopic (exact) mass is 248 g/mol. The first kappa shape index (κ1) is 13.3. The predicted molar refractivity (Wildman–Crippen MR) is 74.8 cm³/mol. The zero-order valence-electron chi connectivity index (χ0n) is 11.5. The van der Waals surface area contributed by atoms with E-state index in [1.165, 1.54) is 11.3 Å². The quantitative estimate of drug-likeness (QED) is 0.884. The molecule has 18 heavy (non-hydrogen) atoms. The van der Waals surface area contributed by atoms with E-state index in [0.29, 0.717) is 6.04 Å². The number of nitrogens with two attached hydrogens (primary N) is 1. The smallest absolute Gasteiger partial charge is 0.225 e. The molecule has 2 heterocycles. The molecular formula is C14H24N4. The Hall–Kier alpha value is -1.16. The first-order valence-electron chi connectivity index (χ1n) is 7.09. The number of rotatable bonds is 4. The summed E-state index contributed by atoms with van der Waals surface area (Å²) in [5, 5.41) is 0. The van der Waals surface area contributed by atoms with Crippen LogP contribution in [0.2, 0.25) is 0 Å². The molecule has 1 aromatic rings. The fourth-order valence-corrected chi connectivity index (χ4v) is 2.43. The van der Waals surface area contributed by atoms with Crippen molar-refractivity contribution in [2.75, 3.05) is 18.0 Å². The van der Waals surface area contributed by atoms with Crippen molar-refractivity contribution in [3.05, 3.63) is 17.5 Å². The van der Waals surface area contributed by atoms with Crippen molar-refractivity contribution in [3.8, 4) is 0 Å². The second-order valence-corrected chi connectivity index (χ2v) is 5.07. The van der Waals surface area contributed by atoms with Crippen LogP contribution in [0.4, 0.5) is 5.95 Å². The topological polar surface area (TPSA) is 55.0 Å². The van der Waals surface area contributed by atoms with E-state index < -0.39 is 0 Å². The van der Waals surface area contributed by atoms with E-state index >= 15 is 0 Å². The first-order valence-corrected chi connectivity index (χ1v) is 7.09. The van der Waals surface area contributed by atoms with Crippen molar-refractivity contribution >= 4 is 5.95 Å². The lowest BCUT2D eigenvalue weighted by molar-refractivity contribution is 0.495. The van der Waals surface area contributed by atoms with Gasteiger partial charge in [-0.3, -0.25) is 0 Å². The molecule has 100 valence electrons. The number of piperidine rings is 1. The summed E-state index contributed by atoms with van der Waals surface area (Å²) in [6.07, 6.45) is 7.28. The molecule has 0 aliphatic carbocycles. The molecule has 0 aromatic carbocycles. The number of aryl methyl sites for hydroxylation is 2. The Morgan fingerprint density at radius 2 is 2.06 bits per heavy atom. The minimum Gasteiger partial charge on any atom is -0.341 e. The average molecular weight is 248 g/mol. The molecule has 0 saturated carbocycles. The minimum absolute atomic E-state index is 0.353. The van der Waals surface area contributed by atoms with Crippen molar-refractivity contribution in [1.29, 1.82) is 0 Å². The Bertz CT molecular complexity index is 383. The second-order valence-electron chi connectivity index (χ2n) is 5.07. The summed E-state index contributed by atoms with van der Waals surface area (Å²) in [7, 11) is 0. The van der Waals surface area contributed by atoms with Crippen molar-refractivity contribution in [1.82, 2.24) is 9.97 Å². The number of hydrogen-bond donors (Lipinski definition) is 1. The maximum Gasteiger partial charge on any atom is 0.225 e. The third-order valence-corrected chi connectivity index (χ3v) is 3.63. The Morgan fingerprint density at radius 3 is 2.67 bits per heavy atom. The summed E-state index contributed by atoms with van der Waals surface area (Å²) >= 11 is 0. The lowest BCUT2D eigenvalue weighted by Gasteiger charge is -2.30. The van der Waals surface area contributed by atoms with Crippen LogP contribution in [0.15, 0.2) is 6.20 Å². The Morgan fingerprint density at radius 1 is 1.33 bits per heavy atom. The van der Waals surface area contributed by atoms with Crippen LogP contribution in [0.3, 0.4) is 0 Å². The molecule has 0 spiro atoms. The highest BCUT2D eigenvalue weighted by molar-refractivity contribution is 5.34. The molecular weight excluding hydrogens is 224 g/mol. The van der Waals surface area contributed by atoms with Gasteiger partial charge in [0.15, 0.2) is 0 Å². The van der Waals surface area contributed by atoms with Gasteiger partial charge in [-0.25, -0.2) is 9.97 Å². The summed E-state index contributed by atoms with van der Waals surface area (Å²) in [6.45, 7) is 6.33. The number of aromatic nitrogens is 2. The van der Waals surface area contributed by atoms with Gasteiger partial charge in [0.25, 0.3) is 0 Å². The van der Waals surface area contributed by atoms with Gasteiger partial charge in [-0.15, -0.1) is 0 Å². The van der Waals surface area contributed by atoms with E-state index in [9.17, 15) is 0 Å². The van der Waals surface area contributed by atoms with Crippen molar-refractivity contribution in [3.63, 3.8) is 0 Å². The molecule has 1 aliphatic rings. The molecule has 1 aliphatic heterocycles. The Kier molecular flexibility index (Phi) is 4.53. The average Bonchev–Trinajstić information content (AvgIpc) is 2.40. The molecule has 2 rings (SSSR count). The SMILES string of the molecule is CCCc1nc(N2CCC(N)CC2)ncc1CC. The van der Waals surface area contributed by atoms with E-state index in [1.807, 2.05) is 6.20 Å². The maximum absolute atomic E-state index is 5.93. The maximum atomic E-state index is 5.93. The van der Waals surface area contributed by atoms with Gasteiger partial charge in [-0.2, -0.15) is 0 Å². The lowest BCUT2D eigenvalue weighted by Crippen LogP contribution is -2.40. The molecule has 1 saturated heterocycles. The molecule has 0 amide bonds. The van der Waals surface area contributed by atoms with Crippen LogP contribution >= 0.6 is 0 Å². The third-order valence-electron chi connectivity index (χ3n) is 3.63. The molecule has 1 aromatic heterocycles. The van der Waals surface area contributed by atoms with Gasteiger partial charge >= 0.3 is 0 Å². The minimum atomic E-state index is 0.353. The third kappa shape index (κ3) is 2.99. The van der Waals surface area contributed by atoms with E-state index in [-0.39, 0.29) is 0 Å². The van der Waals surface area contributed by atoms with E-state index in [2.05, 4.69) is 23.7 Å². The fourth-order valence-electron chi connectivity index (χ4n) is 2.43. The number of anilines is 1. The highest BCUT2D eigenvalue weighted by atomic mass is 15.3. The van der Waals surface area contributed by atoms with Crippen molar-refractivity contribution in [2.45, 2.75) is 52.0 Å². The van der Waals surface area contributed by atoms with Crippen LogP contribution in [-0.2, 0) is 12.8 Å². The summed E-state index contributed by atoms with van der Waals surface area (Å²) in [5.74, 6) is 0.891. The zero-order chi connectivity index (χ0) is 13.0. The Balaban J connectivity index is 2.15. The number of nitrogens with zero attached hydrogens (tertiary/aromatic N) is 3. The van der Waals surface area contributed by atoms with Gasteiger partial charge in [0.2, 0.25) is 5.95 Å². The zero-order valence-corrected chi connectivity index (χ0v) is 11.5. The van der Waals surface area contributed by atoms with Crippen LogP contribution in [0.1, 0.15) is 44.4 Å².